The van der Waals surface area contributed by atoms with Gasteiger partial charge >= 0.3 is 6.01 Å². The maximum Gasteiger partial charge on any atom is 0.319 e. The van der Waals surface area contributed by atoms with E-state index in [9.17, 15) is 9.50 Å². The Morgan fingerprint density at radius 3 is 2.64 bits per heavy atom. The molecule has 1 aromatic heterocycles. The molecule has 2 N–H and O–H groups in total. The number of rotatable bonds is 7. The van der Waals surface area contributed by atoms with E-state index in [2.05, 4.69) is 21.0 Å². The van der Waals surface area contributed by atoms with E-state index < -0.39 is 5.82 Å². The van der Waals surface area contributed by atoms with Crippen LogP contribution in [0.3, 0.4) is 0 Å². The number of likely N-dealkylation sites (tertiary alicyclic amines) is 1. The molecule has 5 heterocycles. The van der Waals surface area contributed by atoms with Crippen molar-refractivity contribution in [3.63, 3.8) is 0 Å². The Hall–Kier alpha value is -3.39. The molecular weight excluding hydrogens is 640 g/mol. The monoisotopic (exact) mass is 673 g/mol. The molecule has 4 aromatic rings. The maximum atomic E-state index is 15.0. The standard InChI is InChI=1S/C36H34Cl2FN5O3/c1-2-25-29(39)6-3-19-9-23(45)11-26(30(19)25)31-28(37)12-27-33(32(31)38)41-35(42-34(27)43-13-20-4-5-21(14-43)40-20)47-18-36(7-8-36)17-44-15-24-10-22(44)16-46-24/h1,3,6,9,11-12,20-22,24,40,45H,4-5,7-8,10,13-18H2/t20?,21?,22-,24-/m0/s1. The Balaban J connectivity index is 1.15. The molecule has 2 unspecified atom stereocenters. The number of aromatic nitrogens is 2. The first-order valence-corrected chi connectivity index (χ1v) is 17.1. The van der Waals surface area contributed by atoms with Crippen molar-refractivity contribution in [1.29, 1.82) is 0 Å². The molecule has 5 fully saturated rings. The highest BCUT2D eigenvalue weighted by molar-refractivity contribution is 6.43. The fourth-order valence-corrected chi connectivity index (χ4v) is 8.99. The lowest BCUT2D eigenvalue weighted by Crippen LogP contribution is -2.51. The highest BCUT2D eigenvalue weighted by Gasteiger charge is 2.49. The molecule has 47 heavy (non-hydrogen) atoms. The molecule has 1 saturated carbocycles. The number of hydrogen-bond donors (Lipinski definition) is 2. The van der Waals surface area contributed by atoms with Crippen molar-refractivity contribution in [2.75, 3.05) is 44.3 Å². The average Bonchev–Trinajstić information content (AvgIpc) is 3.32. The summed E-state index contributed by atoms with van der Waals surface area (Å²) in [6, 6.07) is 9.27. The van der Waals surface area contributed by atoms with Crippen LogP contribution in [0.25, 0.3) is 32.8 Å². The van der Waals surface area contributed by atoms with Gasteiger partial charge in [-0.2, -0.15) is 9.97 Å². The molecule has 4 aliphatic heterocycles. The van der Waals surface area contributed by atoms with Crippen molar-refractivity contribution in [3.05, 3.63) is 51.8 Å². The van der Waals surface area contributed by atoms with E-state index >= 15 is 0 Å². The van der Waals surface area contributed by atoms with Crippen LogP contribution in [0.2, 0.25) is 10.0 Å². The van der Waals surface area contributed by atoms with Crippen LogP contribution in [-0.4, -0.2) is 83.6 Å². The zero-order valence-corrected chi connectivity index (χ0v) is 27.2. The van der Waals surface area contributed by atoms with E-state index in [0.717, 1.165) is 70.7 Å². The minimum Gasteiger partial charge on any atom is -0.508 e. The van der Waals surface area contributed by atoms with E-state index in [4.69, 9.17) is 49.1 Å². The van der Waals surface area contributed by atoms with E-state index in [1.807, 2.05) is 6.07 Å². The number of fused-ring (bicyclic) bond motifs is 6. The third-order valence-electron chi connectivity index (χ3n) is 10.8. The maximum absolute atomic E-state index is 15.0. The summed E-state index contributed by atoms with van der Waals surface area (Å²) in [5, 5.41) is 16.7. The SMILES string of the molecule is C#Cc1c(F)ccc2cc(O)cc(-c3c(Cl)cc4c(N5CC6CCC(C5)N6)nc(OCC5(CN6C[C@@H]7C[C@H]6CO7)CC5)nc4c3Cl)c12. The minimum absolute atomic E-state index is 0.0227. The number of anilines is 1. The zero-order valence-electron chi connectivity index (χ0n) is 25.7. The molecule has 0 amide bonds. The Kier molecular flexibility index (Phi) is 7.01. The second kappa shape index (κ2) is 11.1. The van der Waals surface area contributed by atoms with Crippen LogP contribution < -0.4 is 15.0 Å². The van der Waals surface area contributed by atoms with Gasteiger partial charge in [0.1, 0.15) is 17.4 Å². The van der Waals surface area contributed by atoms with Crippen molar-refractivity contribution in [2.24, 2.45) is 5.41 Å². The van der Waals surface area contributed by atoms with Crippen LogP contribution in [0.15, 0.2) is 30.3 Å². The van der Waals surface area contributed by atoms with Gasteiger partial charge in [0, 0.05) is 66.1 Å². The lowest BCUT2D eigenvalue weighted by Gasteiger charge is -2.34. The van der Waals surface area contributed by atoms with Crippen LogP contribution in [-0.2, 0) is 4.74 Å². The van der Waals surface area contributed by atoms with Gasteiger partial charge in [-0.3, -0.25) is 4.90 Å². The number of terminal acetylenes is 1. The Morgan fingerprint density at radius 1 is 1.13 bits per heavy atom. The van der Waals surface area contributed by atoms with Crippen molar-refractivity contribution in [2.45, 2.75) is 56.3 Å². The summed E-state index contributed by atoms with van der Waals surface area (Å²) in [6.45, 7) is 4.90. The van der Waals surface area contributed by atoms with Gasteiger partial charge in [0.15, 0.2) is 0 Å². The predicted octanol–water partition coefficient (Wildman–Crippen LogP) is 6.16. The summed E-state index contributed by atoms with van der Waals surface area (Å²) >= 11 is 14.3. The van der Waals surface area contributed by atoms with E-state index in [1.165, 1.54) is 12.1 Å². The number of halogens is 3. The number of piperazine rings is 1. The highest BCUT2D eigenvalue weighted by atomic mass is 35.5. The molecule has 9 rings (SSSR count). The quantitative estimate of drug-likeness (QED) is 0.226. The average molecular weight is 675 g/mol. The number of ether oxygens (including phenoxy) is 2. The minimum atomic E-state index is -0.545. The fraction of sp³-hybridized carbons (Fsp3) is 0.444. The topological polar surface area (TPSA) is 83.0 Å². The molecule has 3 aromatic carbocycles. The fourth-order valence-electron chi connectivity index (χ4n) is 8.29. The molecule has 0 radical (unpaired) electrons. The van der Waals surface area contributed by atoms with Crippen LogP contribution in [0.5, 0.6) is 11.8 Å². The van der Waals surface area contributed by atoms with Gasteiger partial charge in [0.25, 0.3) is 0 Å². The summed E-state index contributed by atoms with van der Waals surface area (Å²) in [4.78, 5) is 14.7. The van der Waals surface area contributed by atoms with Crippen molar-refractivity contribution in [3.8, 4) is 35.2 Å². The van der Waals surface area contributed by atoms with E-state index in [0.29, 0.717) is 68.7 Å². The molecule has 5 aliphatic rings. The number of benzene rings is 3. The molecule has 4 bridgehead atoms. The first-order valence-electron chi connectivity index (χ1n) is 16.4. The number of phenols is 1. The summed E-state index contributed by atoms with van der Waals surface area (Å²) in [6.07, 6.45) is 11.7. The first kappa shape index (κ1) is 29.7. The third-order valence-corrected chi connectivity index (χ3v) is 11.5. The Labute approximate surface area is 282 Å². The third kappa shape index (κ3) is 5.08. The summed E-state index contributed by atoms with van der Waals surface area (Å²) in [5.74, 6) is 2.64. The molecule has 242 valence electrons. The first-order chi connectivity index (χ1) is 22.8. The van der Waals surface area contributed by atoms with Crippen molar-refractivity contribution in [1.82, 2.24) is 20.2 Å². The normalized spacial score (nSPS) is 26.0. The van der Waals surface area contributed by atoms with Gasteiger partial charge in [-0.15, -0.1) is 6.42 Å². The Morgan fingerprint density at radius 2 is 1.94 bits per heavy atom. The van der Waals surface area contributed by atoms with Crippen LogP contribution in [0.1, 0.15) is 37.7 Å². The summed E-state index contributed by atoms with van der Waals surface area (Å²) in [7, 11) is 0. The number of nitrogens with one attached hydrogen (secondary N) is 1. The van der Waals surface area contributed by atoms with Gasteiger partial charge in [-0.25, -0.2) is 4.39 Å². The van der Waals surface area contributed by atoms with Crippen LogP contribution in [0, 0.1) is 23.6 Å². The number of nitrogens with zero attached hydrogens (tertiary/aromatic N) is 4. The predicted molar refractivity (Wildman–Crippen MR) is 181 cm³/mol. The van der Waals surface area contributed by atoms with Crippen molar-refractivity contribution >= 4 is 50.7 Å². The molecule has 8 nitrogen and oxygen atoms in total. The molecule has 0 spiro atoms. The van der Waals surface area contributed by atoms with Gasteiger partial charge in [-0.1, -0.05) is 35.2 Å². The summed E-state index contributed by atoms with van der Waals surface area (Å²) in [5.41, 5.74) is 1.45. The number of morpholine rings is 1. The van der Waals surface area contributed by atoms with E-state index in [-0.39, 0.29) is 27.8 Å². The molecule has 11 heteroatoms. The van der Waals surface area contributed by atoms with E-state index in [1.54, 1.807) is 12.1 Å². The smallest absolute Gasteiger partial charge is 0.319 e. The van der Waals surface area contributed by atoms with Gasteiger partial charge in [0.2, 0.25) is 0 Å². The number of phenolic OH excluding ortho intramolecular Hbond substituents is 1. The summed E-state index contributed by atoms with van der Waals surface area (Å²) < 4.78 is 27.3. The highest BCUT2D eigenvalue weighted by Crippen LogP contribution is 2.49. The number of hydrogen-bond acceptors (Lipinski definition) is 8. The van der Waals surface area contributed by atoms with Crippen LogP contribution >= 0.6 is 23.2 Å². The lowest BCUT2D eigenvalue weighted by molar-refractivity contribution is 0.0176. The zero-order chi connectivity index (χ0) is 32.0. The largest absolute Gasteiger partial charge is 0.508 e. The van der Waals surface area contributed by atoms with Gasteiger partial charge < -0.3 is 24.8 Å². The second-order valence-corrected chi connectivity index (χ2v) is 14.8. The van der Waals surface area contributed by atoms with Crippen LogP contribution in [0.4, 0.5) is 10.2 Å². The molecular formula is C36H34Cl2FN5O3. The lowest BCUT2D eigenvalue weighted by atomic mass is 9.93. The Bertz CT molecular complexity index is 1990. The molecule has 1 aliphatic carbocycles. The van der Waals surface area contributed by atoms with Gasteiger partial charge in [-0.05, 0) is 67.3 Å². The van der Waals surface area contributed by atoms with Crippen molar-refractivity contribution < 1.29 is 19.0 Å². The molecule has 4 saturated heterocycles. The number of aromatic hydroxyl groups is 1. The second-order valence-electron chi connectivity index (χ2n) is 14.0. The van der Waals surface area contributed by atoms with Gasteiger partial charge in [0.05, 0.1) is 40.4 Å². The molecule has 4 atom stereocenters.